The predicted octanol–water partition coefficient (Wildman–Crippen LogP) is 5.24. The molecule has 0 aliphatic carbocycles. The lowest BCUT2D eigenvalue weighted by atomic mass is 10.2. The van der Waals surface area contributed by atoms with Crippen LogP contribution < -0.4 is 9.62 Å². The minimum atomic E-state index is -3.67. The van der Waals surface area contributed by atoms with E-state index in [0.717, 1.165) is 16.1 Å². The highest BCUT2D eigenvalue weighted by Gasteiger charge is 2.31. The first-order chi connectivity index (χ1) is 14.1. The van der Waals surface area contributed by atoms with Crippen LogP contribution in [0.2, 0.25) is 15.1 Å². The molecule has 1 atom stereocenters. The molecule has 0 unspecified atom stereocenters. The van der Waals surface area contributed by atoms with Gasteiger partial charge in [0.15, 0.2) is 0 Å². The first-order valence-electron chi connectivity index (χ1n) is 9.17. The molecule has 1 N–H and O–H groups in total. The number of hydrogen-bond acceptors (Lipinski definition) is 4. The number of hydrogen-bond donors (Lipinski definition) is 1. The molecule has 0 radical (unpaired) electrons. The van der Waals surface area contributed by atoms with E-state index in [2.05, 4.69) is 5.32 Å². The van der Waals surface area contributed by atoms with Gasteiger partial charge >= 0.3 is 0 Å². The Morgan fingerprint density at radius 1 is 1.10 bits per heavy atom. The third kappa shape index (κ3) is 7.24. The van der Waals surface area contributed by atoms with Gasteiger partial charge in [0.1, 0.15) is 6.04 Å². The van der Waals surface area contributed by atoms with Crippen LogP contribution in [0.15, 0.2) is 42.5 Å². The minimum absolute atomic E-state index is 0.328. The number of benzene rings is 2. The van der Waals surface area contributed by atoms with Crippen molar-refractivity contribution in [2.75, 3.05) is 22.9 Å². The number of amides is 1. The van der Waals surface area contributed by atoms with Crippen molar-refractivity contribution in [2.24, 2.45) is 0 Å². The maximum Gasteiger partial charge on any atom is 0.243 e. The summed E-state index contributed by atoms with van der Waals surface area (Å²) in [7, 11) is -3.67. The van der Waals surface area contributed by atoms with Gasteiger partial charge in [0.05, 0.1) is 11.9 Å². The van der Waals surface area contributed by atoms with Crippen molar-refractivity contribution >= 4 is 68.2 Å². The van der Waals surface area contributed by atoms with E-state index in [0.29, 0.717) is 45.2 Å². The number of anilines is 1. The number of carbonyl (C=O) groups is 1. The van der Waals surface area contributed by atoms with Gasteiger partial charge in [-0.2, -0.15) is 11.8 Å². The van der Waals surface area contributed by atoms with Gasteiger partial charge in [0.25, 0.3) is 0 Å². The lowest BCUT2D eigenvalue weighted by Crippen LogP contribution is -2.49. The molecule has 0 heterocycles. The first-order valence-corrected chi connectivity index (χ1v) is 13.3. The largest absolute Gasteiger partial charge is 0.353 e. The van der Waals surface area contributed by atoms with Gasteiger partial charge in [-0.15, -0.1) is 0 Å². The van der Waals surface area contributed by atoms with E-state index in [-0.39, 0.29) is 5.91 Å². The molecule has 30 heavy (non-hydrogen) atoms. The zero-order chi connectivity index (χ0) is 22.3. The Bertz CT molecular complexity index is 970. The fourth-order valence-corrected chi connectivity index (χ4v) is 5.59. The molecule has 2 rings (SSSR count). The van der Waals surface area contributed by atoms with Crippen LogP contribution in [0.5, 0.6) is 0 Å². The Morgan fingerprint density at radius 3 is 2.30 bits per heavy atom. The number of halogens is 3. The van der Waals surface area contributed by atoms with Gasteiger partial charge in [-0.1, -0.05) is 47.8 Å². The van der Waals surface area contributed by atoms with Crippen molar-refractivity contribution in [3.05, 3.63) is 63.1 Å². The maximum absolute atomic E-state index is 12.7. The molecule has 0 spiro atoms. The third-order valence-electron chi connectivity index (χ3n) is 4.23. The lowest BCUT2D eigenvalue weighted by Gasteiger charge is -2.30. The van der Waals surface area contributed by atoms with Crippen molar-refractivity contribution in [1.29, 1.82) is 0 Å². The molecular weight excluding hydrogens is 487 g/mol. The number of thioether (sulfide) groups is 1. The van der Waals surface area contributed by atoms with Gasteiger partial charge < -0.3 is 5.32 Å². The van der Waals surface area contributed by atoms with Crippen LogP contribution >= 0.6 is 46.6 Å². The van der Waals surface area contributed by atoms with Crippen molar-refractivity contribution in [2.45, 2.75) is 25.1 Å². The highest BCUT2D eigenvalue weighted by molar-refractivity contribution is 7.98. The summed E-state index contributed by atoms with van der Waals surface area (Å²) < 4.78 is 25.9. The summed E-state index contributed by atoms with van der Waals surface area (Å²) in [4.78, 5) is 12.7. The van der Waals surface area contributed by atoms with Crippen molar-refractivity contribution in [3.8, 4) is 0 Å². The second-order valence-electron chi connectivity index (χ2n) is 6.54. The molecule has 2 aromatic rings. The van der Waals surface area contributed by atoms with Gasteiger partial charge in [-0.25, -0.2) is 8.42 Å². The predicted molar refractivity (Wildman–Crippen MR) is 128 cm³/mol. The fraction of sp³-hybridized carbons (Fsp3) is 0.350. The number of rotatable bonds is 10. The van der Waals surface area contributed by atoms with E-state index in [1.807, 2.05) is 6.07 Å². The van der Waals surface area contributed by atoms with Gasteiger partial charge in [-0.3, -0.25) is 9.10 Å². The average Bonchev–Trinajstić information content (AvgIpc) is 2.67. The van der Waals surface area contributed by atoms with Crippen LogP contribution in [0.25, 0.3) is 0 Å². The van der Waals surface area contributed by atoms with Crippen molar-refractivity contribution < 1.29 is 13.2 Å². The summed E-state index contributed by atoms with van der Waals surface area (Å²) >= 11 is 19.6. The third-order valence-corrected chi connectivity index (χ3v) is 7.26. The summed E-state index contributed by atoms with van der Waals surface area (Å²) in [6, 6.07) is 10.9. The highest BCUT2D eigenvalue weighted by atomic mass is 35.5. The van der Waals surface area contributed by atoms with Crippen molar-refractivity contribution in [3.63, 3.8) is 0 Å². The van der Waals surface area contributed by atoms with E-state index in [9.17, 15) is 13.2 Å². The van der Waals surface area contributed by atoms with Crippen molar-refractivity contribution in [1.82, 2.24) is 5.32 Å². The molecule has 0 aromatic heterocycles. The van der Waals surface area contributed by atoms with Crippen LogP contribution in [0.4, 0.5) is 5.69 Å². The summed E-state index contributed by atoms with van der Waals surface area (Å²) in [5.41, 5.74) is 1.37. The Hall–Kier alpha value is -1.12. The second kappa shape index (κ2) is 11.5. The SMILES string of the molecule is CC[C@@H](C(=O)NCCSCc1ccc(Cl)cc1Cl)N(c1ccc(Cl)cc1)S(C)(=O)=O. The average molecular weight is 510 g/mol. The molecule has 0 fully saturated rings. The molecule has 10 heteroatoms. The number of sulfonamides is 1. The molecule has 1 amide bonds. The van der Waals surface area contributed by atoms with E-state index < -0.39 is 16.1 Å². The summed E-state index contributed by atoms with van der Waals surface area (Å²) in [6.45, 7) is 2.18. The standard InChI is InChI=1S/C20H23Cl3N2O3S2/c1-3-19(25(30(2,27)28)17-8-6-15(21)7-9-17)20(26)24-10-11-29-13-14-4-5-16(22)12-18(14)23/h4-9,12,19H,3,10-11,13H2,1-2H3,(H,24,26)/t19-/m0/s1. The Labute approximate surface area is 197 Å². The van der Waals surface area contributed by atoms with Gasteiger partial charge in [0, 0.05) is 33.1 Å². The first kappa shape index (κ1) is 25.1. The van der Waals surface area contributed by atoms with E-state index in [1.54, 1.807) is 55.1 Å². The van der Waals surface area contributed by atoms with Crippen LogP contribution in [0.1, 0.15) is 18.9 Å². The fourth-order valence-electron chi connectivity index (χ4n) is 2.83. The highest BCUT2D eigenvalue weighted by Crippen LogP contribution is 2.25. The summed E-state index contributed by atoms with van der Waals surface area (Å²) in [5.74, 6) is 0.993. The van der Waals surface area contributed by atoms with Crippen LogP contribution in [-0.2, 0) is 20.6 Å². The molecule has 164 valence electrons. The zero-order valence-corrected chi connectivity index (χ0v) is 20.5. The molecule has 0 saturated carbocycles. The number of carbonyl (C=O) groups excluding carboxylic acids is 1. The van der Waals surface area contributed by atoms with E-state index >= 15 is 0 Å². The van der Waals surface area contributed by atoms with E-state index in [1.165, 1.54) is 0 Å². The molecule has 0 aliphatic heterocycles. The minimum Gasteiger partial charge on any atom is -0.353 e. The van der Waals surface area contributed by atoms with Gasteiger partial charge in [0.2, 0.25) is 15.9 Å². The Morgan fingerprint density at radius 2 is 1.73 bits per heavy atom. The number of nitrogens with one attached hydrogen (secondary N) is 1. The molecule has 0 bridgehead atoms. The van der Waals surface area contributed by atoms with Crippen LogP contribution in [-0.4, -0.2) is 38.9 Å². The molecular formula is C20H23Cl3N2O3S2. The van der Waals surface area contributed by atoms with Crippen LogP contribution in [0.3, 0.4) is 0 Å². The summed E-state index contributed by atoms with van der Waals surface area (Å²) in [5, 5.41) is 4.51. The number of nitrogens with zero attached hydrogens (tertiary/aromatic N) is 1. The smallest absolute Gasteiger partial charge is 0.243 e. The zero-order valence-electron chi connectivity index (χ0n) is 16.6. The second-order valence-corrected chi connectivity index (χ2v) is 10.8. The molecule has 2 aromatic carbocycles. The molecule has 0 aliphatic rings. The monoisotopic (exact) mass is 508 g/mol. The summed E-state index contributed by atoms with van der Waals surface area (Å²) in [6.07, 6.45) is 1.41. The molecule has 5 nitrogen and oxygen atoms in total. The normalized spacial score (nSPS) is 12.4. The van der Waals surface area contributed by atoms with Crippen LogP contribution in [0, 0.1) is 0 Å². The topological polar surface area (TPSA) is 66.5 Å². The van der Waals surface area contributed by atoms with Gasteiger partial charge in [-0.05, 0) is 48.4 Å². The lowest BCUT2D eigenvalue weighted by molar-refractivity contribution is -0.122. The molecule has 0 saturated heterocycles. The Balaban J connectivity index is 1.96. The Kier molecular flexibility index (Phi) is 9.63. The maximum atomic E-state index is 12.7. The quantitative estimate of drug-likeness (QED) is 0.445. The van der Waals surface area contributed by atoms with E-state index in [4.69, 9.17) is 34.8 Å².